The molecule has 2 N–H and O–H groups in total. The number of benzene rings is 1. The zero-order valence-corrected chi connectivity index (χ0v) is 21.3. The van der Waals surface area contributed by atoms with Crippen LogP contribution in [0.2, 0.25) is 0 Å². The molecule has 0 aliphatic carbocycles. The summed E-state index contributed by atoms with van der Waals surface area (Å²) < 4.78 is 0. The maximum atomic E-state index is 12.5. The van der Waals surface area contributed by atoms with Crippen LogP contribution in [0.15, 0.2) is 36.5 Å². The molecule has 2 saturated heterocycles. The topological polar surface area (TPSA) is 112 Å². The number of anilines is 2. The SMILES string of the molecule is CC.Cc1ccc(NC(=O)c2ccc(N3CCN(C(=O)CC4SC(=O)NC4=O)CC3)nc2)cc1C. The molecule has 4 amide bonds. The van der Waals surface area contributed by atoms with Crippen molar-refractivity contribution in [2.75, 3.05) is 36.4 Å². The van der Waals surface area contributed by atoms with E-state index in [1.54, 1.807) is 23.2 Å². The monoisotopic (exact) mass is 497 g/mol. The van der Waals surface area contributed by atoms with Gasteiger partial charge in [0.2, 0.25) is 11.8 Å². The first-order chi connectivity index (χ1) is 16.8. The normalized spacial score (nSPS) is 17.4. The van der Waals surface area contributed by atoms with Crippen molar-refractivity contribution >= 4 is 46.2 Å². The molecule has 3 heterocycles. The van der Waals surface area contributed by atoms with Crippen molar-refractivity contribution in [3.8, 4) is 0 Å². The minimum absolute atomic E-state index is 0.0187. The lowest BCUT2D eigenvalue weighted by Crippen LogP contribution is -2.49. The fraction of sp³-hybridized carbons (Fsp3) is 0.400. The lowest BCUT2D eigenvalue weighted by molar-refractivity contribution is -0.133. The number of nitrogens with zero attached hydrogens (tertiary/aromatic N) is 3. The Bertz CT molecular complexity index is 1100. The first-order valence-corrected chi connectivity index (χ1v) is 12.6. The number of imide groups is 1. The highest BCUT2D eigenvalue weighted by Crippen LogP contribution is 2.23. The van der Waals surface area contributed by atoms with Crippen molar-refractivity contribution in [2.24, 2.45) is 0 Å². The van der Waals surface area contributed by atoms with Gasteiger partial charge in [-0.25, -0.2) is 4.98 Å². The third kappa shape index (κ3) is 6.60. The number of hydrogen-bond acceptors (Lipinski definition) is 7. The van der Waals surface area contributed by atoms with E-state index < -0.39 is 16.4 Å². The highest BCUT2D eigenvalue weighted by molar-refractivity contribution is 8.15. The molecular formula is C25H31N5O4S. The minimum Gasteiger partial charge on any atom is -0.353 e. The fourth-order valence-electron chi connectivity index (χ4n) is 3.73. The number of carbonyl (C=O) groups excluding carboxylic acids is 4. The number of carbonyl (C=O) groups is 4. The second-order valence-corrected chi connectivity index (χ2v) is 9.29. The second kappa shape index (κ2) is 11.8. The first kappa shape index (κ1) is 26.2. The highest BCUT2D eigenvalue weighted by atomic mass is 32.2. The molecule has 0 saturated carbocycles. The van der Waals surface area contributed by atoms with Gasteiger partial charge in [-0.1, -0.05) is 31.7 Å². The Morgan fingerprint density at radius 3 is 2.34 bits per heavy atom. The number of aromatic nitrogens is 1. The van der Waals surface area contributed by atoms with Gasteiger partial charge in [-0.05, 0) is 49.2 Å². The molecule has 0 radical (unpaired) electrons. The summed E-state index contributed by atoms with van der Waals surface area (Å²) in [5.41, 5.74) is 3.48. The van der Waals surface area contributed by atoms with Crippen LogP contribution in [0.3, 0.4) is 0 Å². The Hall–Kier alpha value is -3.40. The van der Waals surface area contributed by atoms with Crippen LogP contribution in [0.1, 0.15) is 41.8 Å². The number of nitrogens with one attached hydrogen (secondary N) is 2. The molecule has 1 atom stereocenters. The van der Waals surface area contributed by atoms with Gasteiger partial charge in [0, 0.05) is 44.5 Å². The summed E-state index contributed by atoms with van der Waals surface area (Å²) in [5, 5.41) is 4.05. The predicted octanol–water partition coefficient (Wildman–Crippen LogP) is 3.37. The molecule has 1 aromatic carbocycles. The molecule has 186 valence electrons. The Balaban J connectivity index is 0.00000167. The van der Waals surface area contributed by atoms with Crippen LogP contribution in [0, 0.1) is 13.8 Å². The molecule has 4 rings (SSSR count). The lowest BCUT2D eigenvalue weighted by atomic mass is 10.1. The molecule has 2 fully saturated rings. The molecule has 2 aliphatic heterocycles. The van der Waals surface area contributed by atoms with Crippen molar-refractivity contribution < 1.29 is 19.2 Å². The van der Waals surface area contributed by atoms with Crippen molar-refractivity contribution in [3.63, 3.8) is 0 Å². The predicted molar refractivity (Wildman–Crippen MR) is 138 cm³/mol. The van der Waals surface area contributed by atoms with Crippen LogP contribution in [0.5, 0.6) is 0 Å². The Morgan fingerprint density at radius 1 is 1.06 bits per heavy atom. The van der Waals surface area contributed by atoms with Gasteiger partial charge in [-0.2, -0.15) is 0 Å². The van der Waals surface area contributed by atoms with Gasteiger partial charge in [0.1, 0.15) is 11.1 Å². The van der Waals surface area contributed by atoms with Gasteiger partial charge in [-0.3, -0.25) is 24.5 Å². The maximum absolute atomic E-state index is 12.5. The van der Waals surface area contributed by atoms with E-state index in [0.29, 0.717) is 31.7 Å². The molecule has 35 heavy (non-hydrogen) atoms. The molecule has 0 bridgehead atoms. The highest BCUT2D eigenvalue weighted by Gasteiger charge is 2.35. The van der Waals surface area contributed by atoms with Crippen molar-refractivity contribution in [1.82, 2.24) is 15.2 Å². The van der Waals surface area contributed by atoms with E-state index in [-0.39, 0.29) is 18.2 Å². The Kier molecular flexibility index (Phi) is 8.86. The van der Waals surface area contributed by atoms with E-state index in [4.69, 9.17) is 0 Å². The van der Waals surface area contributed by atoms with Gasteiger partial charge in [0.05, 0.1) is 5.56 Å². The molecule has 0 spiro atoms. The second-order valence-electron chi connectivity index (χ2n) is 8.11. The maximum Gasteiger partial charge on any atom is 0.286 e. The van der Waals surface area contributed by atoms with Crippen LogP contribution in [0.4, 0.5) is 16.3 Å². The molecule has 2 aliphatic rings. The third-order valence-electron chi connectivity index (χ3n) is 5.86. The van der Waals surface area contributed by atoms with Gasteiger partial charge < -0.3 is 15.1 Å². The Morgan fingerprint density at radius 2 is 1.77 bits per heavy atom. The van der Waals surface area contributed by atoms with Crippen LogP contribution < -0.4 is 15.5 Å². The average Bonchev–Trinajstić information content (AvgIpc) is 3.19. The summed E-state index contributed by atoms with van der Waals surface area (Å²) in [7, 11) is 0. The summed E-state index contributed by atoms with van der Waals surface area (Å²) >= 11 is 0.868. The van der Waals surface area contributed by atoms with Crippen LogP contribution in [-0.4, -0.2) is 64.3 Å². The van der Waals surface area contributed by atoms with Gasteiger partial charge in [-0.15, -0.1) is 0 Å². The van der Waals surface area contributed by atoms with Crippen LogP contribution in [-0.2, 0) is 9.59 Å². The van der Waals surface area contributed by atoms with Crippen LogP contribution >= 0.6 is 11.8 Å². The largest absolute Gasteiger partial charge is 0.353 e. The molecular weight excluding hydrogens is 466 g/mol. The average molecular weight is 498 g/mol. The number of piperazine rings is 1. The fourth-order valence-corrected chi connectivity index (χ4v) is 4.54. The summed E-state index contributed by atoms with van der Waals surface area (Å²) in [6, 6.07) is 9.32. The van der Waals surface area contributed by atoms with Crippen molar-refractivity contribution in [3.05, 3.63) is 53.2 Å². The smallest absolute Gasteiger partial charge is 0.286 e. The van der Waals surface area contributed by atoms with E-state index in [1.165, 1.54) is 5.56 Å². The Labute approximate surface area is 209 Å². The number of aryl methyl sites for hydroxylation is 2. The lowest BCUT2D eigenvalue weighted by Gasteiger charge is -2.35. The van der Waals surface area contributed by atoms with Crippen molar-refractivity contribution in [1.29, 1.82) is 0 Å². The van der Waals surface area contributed by atoms with Gasteiger partial charge in [0.15, 0.2) is 0 Å². The number of rotatable bonds is 5. The zero-order valence-electron chi connectivity index (χ0n) is 20.5. The first-order valence-electron chi connectivity index (χ1n) is 11.7. The summed E-state index contributed by atoms with van der Waals surface area (Å²) in [6.07, 6.45) is 1.57. The number of pyridine rings is 1. The minimum atomic E-state index is -0.646. The molecule has 10 heteroatoms. The van der Waals surface area contributed by atoms with Gasteiger partial charge >= 0.3 is 0 Å². The zero-order chi connectivity index (χ0) is 25.5. The standard InChI is InChI=1S/C23H25N5O4S.C2H6/c1-14-3-5-17(11-15(14)2)25-21(30)16-4-6-19(24-13-16)27-7-9-28(10-8-27)20(29)12-18-22(31)26-23(32)33-18;1-2/h3-6,11,13,18H,7-10,12H2,1-2H3,(H,25,30)(H,26,31,32);1-2H3. The van der Waals surface area contributed by atoms with Crippen LogP contribution in [0.25, 0.3) is 0 Å². The third-order valence-corrected chi connectivity index (χ3v) is 6.84. The number of amides is 4. The quantitative estimate of drug-likeness (QED) is 0.651. The van der Waals surface area contributed by atoms with E-state index >= 15 is 0 Å². The number of thioether (sulfide) groups is 1. The van der Waals surface area contributed by atoms with E-state index in [1.807, 2.05) is 45.9 Å². The van der Waals surface area contributed by atoms with E-state index in [9.17, 15) is 19.2 Å². The van der Waals surface area contributed by atoms with Gasteiger partial charge in [0.25, 0.3) is 11.1 Å². The molecule has 1 aromatic heterocycles. The summed E-state index contributed by atoms with van der Waals surface area (Å²) in [5.74, 6) is -0.0210. The molecule has 2 aromatic rings. The summed E-state index contributed by atoms with van der Waals surface area (Å²) in [6.45, 7) is 10.2. The molecule has 1 unspecified atom stereocenters. The molecule has 9 nitrogen and oxygen atoms in total. The van der Waals surface area contributed by atoms with Crippen molar-refractivity contribution in [2.45, 2.75) is 39.4 Å². The number of hydrogen-bond donors (Lipinski definition) is 2. The van der Waals surface area contributed by atoms with E-state index in [0.717, 1.165) is 28.8 Å². The van der Waals surface area contributed by atoms with E-state index in [2.05, 4.69) is 20.5 Å². The summed E-state index contributed by atoms with van der Waals surface area (Å²) in [4.78, 5) is 56.2.